The lowest BCUT2D eigenvalue weighted by molar-refractivity contribution is 0.248. The normalized spacial score (nSPS) is 16.1. The predicted octanol–water partition coefficient (Wildman–Crippen LogP) is 2.80. The van der Waals surface area contributed by atoms with Crippen molar-refractivity contribution in [1.82, 2.24) is 10.3 Å². The van der Waals surface area contributed by atoms with Gasteiger partial charge < -0.3 is 5.32 Å². The molecule has 1 aromatic rings. The van der Waals surface area contributed by atoms with Crippen molar-refractivity contribution in [3.05, 3.63) is 23.4 Å². The number of hydrogen-bond donors (Lipinski definition) is 2. The second kappa shape index (κ2) is 5.16. The van der Waals surface area contributed by atoms with Gasteiger partial charge in [0.05, 0.1) is 0 Å². The zero-order valence-corrected chi connectivity index (χ0v) is 9.63. The maximum absolute atomic E-state index is 11.6. The van der Waals surface area contributed by atoms with Crippen molar-refractivity contribution in [3.8, 4) is 0 Å². The van der Waals surface area contributed by atoms with E-state index in [1.807, 2.05) is 0 Å². The summed E-state index contributed by atoms with van der Waals surface area (Å²) in [5, 5.41) is 6.14. The zero-order valence-electron chi connectivity index (χ0n) is 8.87. The number of nitrogens with zero attached hydrogens (tertiary/aromatic N) is 1. The minimum absolute atomic E-state index is 0.207. The van der Waals surface area contributed by atoms with Crippen LogP contribution in [0, 0.1) is 0 Å². The van der Waals surface area contributed by atoms with Crippen LogP contribution < -0.4 is 10.6 Å². The molecule has 16 heavy (non-hydrogen) atoms. The molecule has 1 saturated carbocycles. The molecule has 2 amide bonds. The summed E-state index contributed by atoms with van der Waals surface area (Å²) in [6.45, 7) is 0. The number of rotatable bonds is 2. The molecular formula is C11H14ClN3O. The van der Waals surface area contributed by atoms with Crippen molar-refractivity contribution in [2.45, 2.75) is 31.7 Å². The van der Waals surface area contributed by atoms with Crippen LogP contribution in [-0.4, -0.2) is 17.1 Å². The van der Waals surface area contributed by atoms with Gasteiger partial charge in [-0.15, -0.1) is 0 Å². The molecular weight excluding hydrogens is 226 g/mol. The van der Waals surface area contributed by atoms with Gasteiger partial charge in [-0.3, -0.25) is 5.32 Å². The summed E-state index contributed by atoms with van der Waals surface area (Å²) in [5.74, 6) is 0.475. The fraction of sp³-hybridized carbons (Fsp3) is 0.455. The molecule has 0 bridgehead atoms. The topological polar surface area (TPSA) is 54.0 Å². The van der Waals surface area contributed by atoms with Crippen LogP contribution in [0.1, 0.15) is 25.7 Å². The summed E-state index contributed by atoms with van der Waals surface area (Å²) < 4.78 is 0. The Balaban J connectivity index is 1.86. The van der Waals surface area contributed by atoms with E-state index < -0.39 is 0 Å². The standard InChI is InChI=1S/C11H14ClN3O/c12-8-5-6-13-10(7-8)15-11(16)14-9-3-1-2-4-9/h5-7,9H,1-4H2,(H2,13,14,15,16). The lowest BCUT2D eigenvalue weighted by atomic mass is 10.2. The van der Waals surface area contributed by atoms with E-state index in [1.54, 1.807) is 18.3 Å². The van der Waals surface area contributed by atoms with Gasteiger partial charge in [-0.05, 0) is 25.0 Å². The monoisotopic (exact) mass is 239 g/mol. The van der Waals surface area contributed by atoms with Gasteiger partial charge >= 0.3 is 6.03 Å². The molecule has 0 aromatic carbocycles. The van der Waals surface area contributed by atoms with Crippen LogP contribution in [0.5, 0.6) is 0 Å². The van der Waals surface area contributed by atoms with Crippen molar-refractivity contribution >= 4 is 23.4 Å². The summed E-state index contributed by atoms with van der Waals surface area (Å²) in [7, 11) is 0. The first-order valence-corrected chi connectivity index (χ1v) is 5.81. The van der Waals surface area contributed by atoms with E-state index in [0.717, 1.165) is 12.8 Å². The van der Waals surface area contributed by atoms with Crippen molar-refractivity contribution in [2.24, 2.45) is 0 Å². The molecule has 86 valence electrons. The highest BCUT2D eigenvalue weighted by molar-refractivity contribution is 6.30. The SMILES string of the molecule is O=C(Nc1cc(Cl)ccn1)NC1CCCC1. The van der Waals surface area contributed by atoms with Gasteiger partial charge in [0.25, 0.3) is 0 Å². The molecule has 0 radical (unpaired) electrons. The fourth-order valence-corrected chi connectivity index (χ4v) is 2.04. The Labute approximate surface area is 99.4 Å². The average molecular weight is 240 g/mol. The zero-order chi connectivity index (χ0) is 11.4. The van der Waals surface area contributed by atoms with Crippen molar-refractivity contribution < 1.29 is 4.79 Å². The molecule has 0 aliphatic heterocycles. The third-order valence-corrected chi connectivity index (χ3v) is 2.89. The average Bonchev–Trinajstić information content (AvgIpc) is 2.70. The molecule has 5 heteroatoms. The van der Waals surface area contributed by atoms with Crippen LogP contribution in [0.15, 0.2) is 18.3 Å². The van der Waals surface area contributed by atoms with Crippen LogP contribution in [0.3, 0.4) is 0 Å². The molecule has 0 unspecified atom stereocenters. The number of halogens is 1. The smallest absolute Gasteiger partial charge is 0.320 e. The molecule has 0 saturated heterocycles. The number of carbonyl (C=O) groups is 1. The molecule has 1 aromatic heterocycles. The second-order valence-electron chi connectivity index (χ2n) is 3.94. The number of nitrogens with one attached hydrogen (secondary N) is 2. The molecule has 0 spiro atoms. The van der Waals surface area contributed by atoms with Crippen LogP contribution >= 0.6 is 11.6 Å². The predicted molar refractivity (Wildman–Crippen MR) is 63.7 cm³/mol. The second-order valence-corrected chi connectivity index (χ2v) is 4.38. The van der Waals surface area contributed by atoms with E-state index in [1.165, 1.54) is 12.8 Å². The Kier molecular flexibility index (Phi) is 3.62. The summed E-state index contributed by atoms with van der Waals surface area (Å²) in [4.78, 5) is 15.6. The molecule has 2 rings (SSSR count). The minimum atomic E-state index is -0.207. The van der Waals surface area contributed by atoms with E-state index in [4.69, 9.17) is 11.6 Å². The summed E-state index contributed by atoms with van der Waals surface area (Å²) in [6, 6.07) is 3.39. The first-order chi connectivity index (χ1) is 7.74. The molecule has 1 aliphatic carbocycles. The van der Waals surface area contributed by atoms with Gasteiger partial charge in [0.2, 0.25) is 0 Å². The van der Waals surface area contributed by atoms with Gasteiger partial charge in [0, 0.05) is 17.3 Å². The van der Waals surface area contributed by atoms with Crippen LogP contribution in [0.25, 0.3) is 0 Å². The van der Waals surface area contributed by atoms with Gasteiger partial charge in [-0.2, -0.15) is 0 Å². The molecule has 1 heterocycles. The Morgan fingerprint density at radius 2 is 2.19 bits per heavy atom. The highest BCUT2D eigenvalue weighted by atomic mass is 35.5. The number of pyridine rings is 1. The Morgan fingerprint density at radius 3 is 2.88 bits per heavy atom. The Hall–Kier alpha value is -1.29. The molecule has 4 nitrogen and oxygen atoms in total. The quantitative estimate of drug-likeness (QED) is 0.834. The summed E-state index contributed by atoms with van der Waals surface area (Å²) >= 11 is 5.79. The van der Waals surface area contributed by atoms with Gasteiger partial charge in [-0.1, -0.05) is 24.4 Å². The number of amides is 2. The lowest BCUT2D eigenvalue weighted by Gasteiger charge is -2.12. The van der Waals surface area contributed by atoms with Crippen molar-refractivity contribution in [3.63, 3.8) is 0 Å². The van der Waals surface area contributed by atoms with Crippen LogP contribution in [0.4, 0.5) is 10.6 Å². The summed E-state index contributed by atoms with van der Waals surface area (Å²) in [6.07, 6.45) is 6.08. The third-order valence-electron chi connectivity index (χ3n) is 2.65. The van der Waals surface area contributed by atoms with Crippen molar-refractivity contribution in [1.29, 1.82) is 0 Å². The molecule has 2 N–H and O–H groups in total. The maximum Gasteiger partial charge on any atom is 0.320 e. The highest BCUT2D eigenvalue weighted by Gasteiger charge is 2.16. The minimum Gasteiger partial charge on any atom is -0.335 e. The van der Waals surface area contributed by atoms with E-state index in [0.29, 0.717) is 16.9 Å². The van der Waals surface area contributed by atoms with Gasteiger partial charge in [0.15, 0.2) is 0 Å². The Morgan fingerprint density at radius 1 is 1.44 bits per heavy atom. The van der Waals surface area contributed by atoms with Crippen molar-refractivity contribution in [2.75, 3.05) is 5.32 Å². The Bertz CT molecular complexity index is 377. The van der Waals surface area contributed by atoms with E-state index >= 15 is 0 Å². The van der Waals surface area contributed by atoms with E-state index in [2.05, 4.69) is 15.6 Å². The molecule has 0 atom stereocenters. The number of urea groups is 1. The third kappa shape index (κ3) is 3.10. The number of aromatic nitrogens is 1. The van der Waals surface area contributed by atoms with Crippen LogP contribution in [0.2, 0.25) is 5.02 Å². The largest absolute Gasteiger partial charge is 0.335 e. The first kappa shape index (κ1) is 11.2. The first-order valence-electron chi connectivity index (χ1n) is 5.43. The maximum atomic E-state index is 11.6. The lowest BCUT2D eigenvalue weighted by Crippen LogP contribution is -2.36. The number of anilines is 1. The number of hydrogen-bond acceptors (Lipinski definition) is 2. The van der Waals surface area contributed by atoms with Gasteiger partial charge in [-0.25, -0.2) is 9.78 Å². The van der Waals surface area contributed by atoms with E-state index in [-0.39, 0.29) is 6.03 Å². The fourth-order valence-electron chi connectivity index (χ4n) is 1.88. The van der Waals surface area contributed by atoms with E-state index in [9.17, 15) is 4.79 Å². The van der Waals surface area contributed by atoms with Gasteiger partial charge in [0.1, 0.15) is 5.82 Å². The number of carbonyl (C=O) groups excluding carboxylic acids is 1. The molecule has 1 aliphatic rings. The van der Waals surface area contributed by atoms with Crippen LogP contribution in [-0.2, 0) is 0 Å². The molecule has 1 fully saturated rings. The summed E-state index contributed by atoms with van der Waals surface area (Å²) in [5.41, 5.74) is 0. The highest BCUT2D eigenvalue weighted by Crippen LogP contribution is 2.18.